The van der Waals surface area contributed by atoms with Crippen molar-refractivity contribution in [1.29, 1.82) is 0 Å². The van der Waals surface area contributed by atoms with Crippen LogP contribution in [0, 0.1) is 0 Å². The topological polar surface area (TPSA) is 55.8 Å². The maximum absolute atomic E-state index is 10.6. The summed E-state index contributed by atoms with van der Waals surface area (Å²) >= 11 is 0. The zero-order valence-electron chi connectivity index (χ0n) is 11.9. The second kappa shape index (κ2) is 7.33. The van der Waals surface area contributed by atoms with Gasteiger partial charge >= 0.3 is 5.97 Å². The first-order valence-electron chi connectivity index (χ1n) is 6.83. The lowest BCUT2D eigenvalue weighted by molar-refractivity contribution is -0.136. The Kier molecular flexibility index (Phi) is 5.21. The first-order chi connectivity index (χ1) is 10.2. The molecule has 0 heterocycles. The predicted octanol–water partition coefficient (Wildman–Crippen LogP) is 3.29. The molecule has 4 heteroatoms. The highest BCUT2D eigenvalue weighted by molar-refractivity contribution is 5.70. The van der Waals surface area contributed by atoms with Crippen molar-refractivity contribution in [2.45, 2.75) is 20.0 Å². The minimum atomic E-state index is -0.829. The molecule has 0 atom stereocenters. The number of aliphatic carboxylic acids is 1. The van der Waals surface area contributed by atoms with Gasteiger partial charge in [0, 0.05) is 0 Å². The Balaban J connectivity index is 1.98. The summed E-state index contributed by atoms with van der Waals surface area (Å²) in [6.07, 6.45) is 0.0360. The van der Waals surface area contributed by atoms with Gasteiger partial charge in [0.2, 0.25) is 0 Å². The van der Waals surface area contributed by atoms with Crippen molar-refractivity contribution in [2.24, 2.45) is 0 Å². The molecule has 0 bridgehead atoms. The highest BCUT2D eigenvalue weighted by atomic mass is 16.5. The molecule has 1 N–H and O–H groups in total. The molecule has 2 aromatic rings. The van der Waals surface area contributed by atoms with E-state index in [2.05, 4.69) is 0 Å². The van der Waals surface area contributed by atoms with Crippen molar-refractivity contribution in [1.82, 2.24) is 0 Å². The van der Waals surface area contributed by atoms with Crippen LogP contribution in [0.2, 0.25) is 0 Å². The van der Waals surface area contributed by atoms with Crippen LogP contribution in [-0.4, -0.2) is 17.7 Å². The maximum Gasteiger partial charge on any atom is 0.307 e. The molecule has 21 heavy (non-hydrogen) atoms. The number of rotatable bonds is 7. The van der Waals surface area contributed by atoms with Crippen LogP contribution in [0.4, 0.5) is 0 Å². The Bertz CT molecular complexity index is 590. The smallest absolute Gasteiger partial charge is 0.307 e. The fourth-order valence-electron chi connectivity index (χ4n) is 1.93. The van der Waals surface area contributed by atoms with E-state index in [-0.39, 0.29) is 6.42 Å². The van der Waals surface area contributed by atoms with Crippen LogP contribution >= 0.6 is 0 Å². The van der Waals surface area contributed by atoms with Gasteiger partial charge in [-0.15, -0.1) is 0 Å². The Morgan fingerprint density at radius 3 is 2.10 bits per heavy atom. The van der Waals surface area contributed by atoms with E-state index in [1.165, 1.54) is 0 Å². The number of carboxylic acids is 1. The van der Waals surface area contributed by atoms with Crippen LogP contribution < -0.4 is 9.47 Å². The molecule has 0 unspecified atom stereocenters. The average Bonchev–Trinajstić information content (AvgIpc) is 2.48. The number of carbonyl (C=O) groups is 1. The van der Waals surface area contributed by atoms with Gasteiger partial charge in [-0.05, 0) is 30.2 Å². The summed E-state index contributed by atoms with van der Waals surface area (Å²) < 4.78 is 11.3. The van der Waals surface area contributed by atoms with Crippen LogP contribution in [0.25, 0.3) is 0 Å². The van der Waals surface area contributed by atoms with E-state index in [4.69, 9.17) is 14.6 Å². The number of carboxylic acid groups (broad SMARTS) is 1. The molecule has 2 aromatic carbocycles. The van der Waals surface area contributed by atoms with Crippen molar-refractivity contribution in [3.05, 3.63) is 59.7 Å². The maximum atomic E-state index is 10.6. The second-order valence-electron chi connectivity index (χ2n) is 4.56. The number of hydrogen-bond acceptors (Lipinski definition) is 3. The molecular formula is C17H18O4. The highest BCUT2D eigenvalue weighted by Crippen LogP contribution is 2.27. The Hall–Kier alpha value is -2.49. The predicted molar refractivity (Wildman–Crippen MR) is 79.7 cm³/mol. The van der Waals surface area contributed by atoms with Crippen molar-refractivity contribution >= 4 is 5.97 Å². The summed E-state index contributed by atoms with van der Waals surface area (Å²) in [5.41, 5.74) is 1.76. The Morgan fingerprint density at radius 2 is 1.52 bits per heavy atom. The standard InChI is InChI=1S/C17H18O4/c1-2-20-15-5-3-4-6-16(15)21-12-14-9-7-13(8-10-14)11-17(18)19/h3-10H,2,11-12H2,1H3,(H,18,19). The zero-order chi connectivity index (χ0) is 15.1. The fourth-order valence-corrected chi connectivity index (χ4v) is 1.93. The number of ether oxygens (including phenoxy) is 2. The van der Waals surface area contributed by atoms with E-state index < -0.39 is 5.97 Å². The monoisotopic (exact) mass is 286 g/mol. The minimum absolute atomic E-state index is 0.0360. The minimum Gasteiger partial charge on any atom is -0.490 e. The average molecular weight is 286 g/mol. The number of benzene rings is 2. The summed E-state index contributed by atoms with van der Waals surface area (Å²) in [4.78, 5) is 10.6. The molecular weight excluding hydrogens is 268 g/mol. The molecule has 0 saturated heterocycles. The summed E-state index contributed by atoms with van der Waals surface area (Å²) in [5.74, 6) is 0.598. The van der Waals surface area contributed by atoms with Gasteiger partial charge in [-0.2, -0.15) is 0 Å². The van der Waals surface area contributed by atoms with E-state index >= 15 is 0 Å². The molecule has 0 aliphatic rings. The lowest BCUT2D eigenvalue weighted by atomic mass is 10.1. The lowest BCUT2D eigenvalue weighted by Crippen LogP contribution is -2.01. The van der Waals surface area contributed by atoms with Gasteiger partial charge in [-0.25, -0.2) is 0 Å². The third-order valence-corrected chi connectivity index (χ3v) is 2.92. The van der Waals surface area contributed by atoms with E-state index in [0.29, 0.717) is 19.0 Å². The van der Waals surface area contributed by atoms with E-state index in [1.54, 1.807) is 12.1 Å². The van der Waals surface area contributed by atoms with Crippen molar-refractivity contribution < 1.29 is 19.4 Å². The van der Waals surface area contributed by atoms with Gasteiger partial charge in [0.1, 0.15) is 6.61 Å². The van der Waals surface area contributed by atoms with Crippen molar-refractivity contribution in [3.63, 3.8) is 0 Å². The molecule has 0 fully saturated rings. The van der Waals surface area contributed by atoms with Crippen LogP contribution in [0.15, 0.2) is 48.5 Å². The van der Waals surface area contributed by atoms with Crippen LogP contribution in [0.5, 0.6) is 11.5 Å². The molecule has 2 rings (SSSR count). The molecule has 0 radical (unpaired) electrons. The molecule has 0 saturated carbocycles. The Labute approximate surface area is 123 Å². The molecule has 0 aliphatic heterocycles. The highest BCUT2D eigenvalue weighted by Gasteiger charge is 2.04. The van der Waals surface area contributed by atoms with Gasteiger partial charge in [0.15, 0.2) is 11.5 Å². The van der Waals surface area contributed by atoms with Gasteiger partial charge in [0.05, 0.1) is 13.0 Å². The van der Waals surface area contributed by atoms with Gasteiger partial charge in [-0.3, -0.25) is 4.79 Å². The molecule has 0 spiro atoms. The first-order valence-corrected chi connectivity index (χ1v) is 6.83. The molecule has 110 valence electrons. The molecule has 4 nitrogen and oxygen atoms in total. The van der Waals surface area contributed by atoms with Crippen LogP contribution in [0.3, 0.4) is 0 Å². The third kappa shape index (κ3) is 4.53. The van der Waals surface area contributed by atoms with Gasteiger partial charge in [0.25, 0.3) is 0 Å². The summed E-state index contributed by atoms with van der Waals surface area (Å²) in [5, 5.41) is 8.73. The number of para-hydroxylation sites is 2. The largest absolute Gasteiger partial charge is 0.490 e. The van der Waals surface area contributed by atoms with E-state index in [0.717, 1.165) is 16.9 Å². The number of hydrogen-bond donors (Lipinski definition) is 1. The van der Waals surface area contributed by atoms with Crippen LogP contribution in [-0.2, 0) is 17.8 Å². The summed E-state index contributed by atoms with van der Waals surface area (Å²) in [6.45, 7) is 2.93. The third-order valence-electron chi connectivity index (χ3n) is 2.92. The van der Waals surface area contributed by atoms with Crippen molar-refractivity contribution in [2.75, 3.05) is 6.61 Å². The van der Waals surface area contributed by atoms with Gasteiger partial charge in [-0.1, -0.05) is 36.4 Å². The normalized spacial score (nSPS) is 10.1. The molecule has 0 aromatic heterocycles. The quantitative estimate of drug-likeness (QED) is 0.848. The summed E-state index contributed by atoms with van der Waals surface area (Å²) in [7, 11) is 0. The fraction of sp³-hybridized carbons (Fsp3) is 0.235. The SMILES string of the molecule is CCOc1ccccc1OCc1ccc(CC(=O)O)cc1. The molecule has 0 amide bonds. The second-order valence-corrected chi connectivity index (χ2v) is 4.56. The Morgan fingerprint density at radius 1 is 0.952 bits per heavy atom. The lowest BCUT2D eigenvalue weighted by Gasteiger charge is -2.11. The zero-order valence-corrected chi connectivity index (χ0v) is 11.9. The van der Waals surface area contributed by atoms with E-state index in [9.17, 15) is 4.79 Å². The first kappa shape index (κ1) is 14.9. The van der Waals surface area contributed by atoms with Gasteiger partial charge < -0.3 is 14.6 Å². The molecule has 0 aliphatic carbocycles. The van der Waals surface area contributed by atoms with Crippen molar-refractivity contribution in [3.8, 4) is 11.5 Å². The summed E-state index contributed by atoms with van der Waals surface area (Å²) in [6, 6.07) is 14.9. The van der Waals surface area contributed by atoms with Crippen LogP contribution in [0.1, 0.15) is 18.1 Å². The van der Waals surface area contributed by atoms with E-state index in [1.807, 2.05) is 43.3 Å².